The summed E-state index contributed by atoms with van der Waals surface area (Å²) < 4.78 is 66.6. The molecule has 0 saturated carbocycles. The van der Waals surface area contributed by atoms with Crippen LogP contribution in [0.5, 0.6) is 0 Å². The summed E-state index contributed by atoms with van der Waals surface area (Å²) >= 11 is 0. The average Bonchev–Trinajstić information content (AvgIpc) is 3.05. The SMILES string of the molecule is Cc1ncc(C(=O)N[C@@H](C)C(F)(F)F)c(N2CC[C@H](N)C2)c1-c1cc(F)cc(F)c1. The number of hydrogen-bond acceptors (Lipinski definition) is 4. The summed E-state index contributed by atoms with van der Waals surface area (Å²) in [7, 11) is 0. The van der Waals surface area contributed by atoms with Crippen LogP contribution in [0.25, 0.3) is 11.1 Å². The molecule has 1 saturated heterocycles. The van der Waals surface area contributed by atoms with E-state index in [0.717, 1.165) is 19.1 Å². The maximum atomic E-state index is 13.9. The second kappa shape index (κ2) is 8.17. The fourth-order valence-electron chi connectivity index (χ4n) is 3.48. The lowest BCUT2D eigenvalue weighted by atomic mass is 9.98. The molecule has 1 aromatic heterocycles. The van der Waals surface area contributed by atoms with Gasteiger partial charge < -0.3 is 16.0 Å². The lowest BCUT2D eigenvalue weighted by molar-refractivity contribution is -0.149. The average molecular weight is 428 g/mol. The number of anilines is 1. The number of pyridine rings is 1. The molecule has 1 amide bonds. The van der Waals surface area contributed by atoms with Gasteiger partial charge in [-0.1, -0.05) is 0 Å². The van der Waals surface area contributed by atoms with Crippen molar-refractivity contribution in [3.8, 4) is 11.1 Å². The predicted octanol–water partition coefficient (Wildman–Crippen LogP) is 3.55. The third-order valence-corrected chi connectivity index (χ3v) is 5.02. The Morgan fingerprint density at radius 2 is 1.90 bits per heavy atom. The monoisotopic (exact) mass is 428 g/mol. The van der Waals surface area contributed by atoms with Gasteiger partial charge in [-0.25, -0.2) is 8.78 Å². The van der Waals surface area contributed by atoms with Crippen LogP contribution in [0.3, 0.4) is 0 Å². The number of carbonyl (C=O) groups excluding carboxylic acids is 1. The molecule has 30 heavy (non-hydrogen) atoms. The number of nitrogens with zero attached hydrogens (tertiary/aromatic N) is 2. The van der Waals surface area contributed by atoms with E-state index in [1.165, 1.54) is 6.20 Å². The number of aromatic nitrogens is 1. The van der Waals surface area contributed by atoms with Gasteiger partial charge in [-0.3, -0.25) is 9.78 Å². The highest BCUT2D eigenvalue weighted by molar-refractivity contribution is 6.03. The first-order valence-electron chi connectivity index (χ1n) is 9.31. The van der Waals surface area contributed by atoms with Crippen LogP contribution in [0.15, 0.2) is 24.4 Å². The molecule has 162 valence electrons. The highest BCUT2D eigenvalue weighted by atomic mass is 19.4. The molecule has 1 fully saturated rings. The molecular weight excluding hydrogens is 407 g/mol. The summed E-state index contributed by atoms with van der Waals surface area (Å²) in [5.74, 6) is -2.64. The van der Waals surface area contributed by atoms with Crippen LogP contribution in [-0.2, 0) is 0 Å². The number of amides is 1. The van der Waals surface area contributed by atoms with Crippen molar-refractivity contribution in [3.63, 3.8) is 0 Å². The maximum Gasteiger partial charge on any atom is 0.408 e. The van der Waals surface area contributed by atoms with E-state index in [-0.39, 0.29) is 28.4 Å². The Kier molecular flexibility index (Phi) is 5.98. The van der Waals surface area contributed by atoms with Gasteiger partial charge in [-0.15, -0.1) is 0 Å². The van der Waals surface area contributed by atoms with Crippen LogP contribution >= 0.6 is 0 Å². The van der Waals surface area contributed by atoms with Gasteiger partial charge in [-0.05, 0) is 38.0 Å². The number of aryl methyl sites for hydroxylation is 1. The van der Waals surface area contributed by atoms with Gasteiger partial charge in [0.1, 0.15) is 17.7 Å². The first-order valence-corrected chi connectivity index (χ1v) is 9.31. The van der Waals surface area contributed by atoms with Gasteiger partial charge in [0.25, 0.3) is 5.91 Å². The van der Waals surface area contributed by atoms with E-state index < -0.39 is 29.8 Å². The molecule has 3 N–H and O–H groups in total. The predicted molar refractivity (Wildman–Crippen MR) is 102 cm³/mol. The molecule has 3 rings (SSSR count). The first-order chi connectivity index (χ1) is 14.0. The van der Waals surface area contributed by atoms with Crippen molar-refractivity contribution in [1.29, 1.82) is 0 Å². The summed E-state index contributed by atoms with van der Waals surface area (Å²) in [5.41, 5.74) is 6.89. The van der Waals surface area contributed by atoms with Crippen LogP contribution in [0, 0.1) is 18.6 Å². The molecule has 0 radical (unpaired) electrons. The molecule has 0 bridgehead atoms. The van der Waals surface area contributed by atoms with Crippen molar-refractivity contribution >= 4 is 11.6 Å². The van der Waals surface area contributed by atoms with Crippen LogP contribution in [0.1, 0.15) is 29.4 Å². The van der Waals surface area contributed by atoms with Crippen molar-refractivity contribution in [1.82, 2.24) is 10.3 Å². The quantitative estimate of drug-likeness (QED) is 0.731. The van der Waals surface area contributed by atoms with Gasteiger partial charge in [0.05, 0.1) is 11.3 Å². The van der Waals surface area contributed by atoms with Gasteiger partial charge in [-0.2, -0.15) is 13.2 Å². The van der Waals surface area contributed by atoms with E-state index in [4.69, 9.17) is 5.73 Å². The molecule has 0 spiro atoms. The van der Waals surface area contributed by atoms with Crippen molar-refractivity contribution in [2.45, 2.75) is 38.5 Å². The maximum absolute atomic E-state index is 13.9. The zero-order valence-corrected chi connectivity index (χ0v) is 16.4. The molecule has 0 aliphatic carbocycles. The van der Waals surface area contributed by atoms with Crippen LogP contribution in [0.4, 0.5) is 27.6 Å². The fourth-order valence-corrected chi connectivity index (χ4v) is 3.48. The standard InChI is InChI=1S/C20H21F5N4O/c1-10-17(12-5-13(21)7-14(22)6-12)18(29-4-3-15(26)9-29)16(8-27-10)19(30)28-11(2)20(23,24)25/h5-8,11,15H,3-4,9,26H2,1-2H3,(H,28,30)/t11-,15-/m0/s1. The van der Waals surface area contributed by atoms with E-state index in [2.05, 4.69) is 4.98 Å². The molecule has 1 aliphatic rings. The number of halogens is 5. The van der Waals surface area contributed by atoms with Gasteiger partial charge in [0.15, 0.2) is 0 Å². The summed E-state index contributed by atoms with van der Waals surface area (Å²) in [4.78, 5) is 18.6. The Balaban J connectivity index is 2.17. The second-order valence-electron chi connectivity index (χ2n) is 7.37. The van der Waals surface area contributed by atoms with E-state index in [9.17, 15) is 26.7 Å². The lowest BCUT2D eigenvalue weighted by Crippen LogP contribution is -2.43. The summed E-state index contributed by atoms with van der Waals surface area (Å²) in [6.45, 7) is 3.19. The third kappa shape index (κ3) is 4.53. The minimum atomic E-state index is -4.63. The number of alkyl halides is 3. The molecular formula is C20H21F5N4O. The minimum absolute atomic E-state index is 0.120. The van der Waals surface area contributed by atoms with Crippen LogP contribution < -0.4 is 16.0 Å². The van der Waals surface area contributed by atoms with Crippen LogP contribution in [0.2, 0.25) is 0 Å². The lowest BCUT2D eigenvalue weighted by Gasteiger charge is -2.27. The van der Waals surface area contributed by atoms with E-state index in [1.54, 1.807) is 11.8 Å². The Labute approximate surface area is 170 Å². The summed E-state index contributed by atoms with van der Waals surface area (Å²) in [6.07, 6.45) is -2.86. The number of carbonyl (C=O) groups is 1. The third-order valence-electron chi connectivity index (χ3n) is 5.02. The number of rotatable bonds is 4. The zero-order valence-electron chi connectivity index (χ0n) is 16.4. The normalized spacial score (nSPS) is 17.9. The minimum Gasteiger partial charge on any atom is -0.369 e. The molecule has 0 unspecified atom stereocenters. The van der Waals surface area contributed by atoms with Gasteiger partial charge >= 0.3 is 6.18 Å². The largest absolute Gasteiger partial charge is 0.408 e. The topological polar surface area (TPSA) is 71.2 Å². The second-order valence-corrected chi connectivity index (χ2v) is 7.37. The van der Waals surface area contributed by atoms with Gasteiger partial charge in [0, 0.05) is 42.7 Å². The van der Waals surface area contributed by atoms with Gasteiger partial charge in [0.2, 0.25) is 0 Å². The highest BCUT2D eigenvalue weighted by Gasteiger charge is 2.38. The Morgan fingerprint density at radius 1 is 1.27 bits per heavy atom. The smallest absolute Gasteiger partial charge is 0.369 e. The number of hydrogen-bond donors (Lipinski definition) is 2. The molecule has 5 nitrogen and oxygen atoms in total. The van der Waals surface area contributed by atoms with E-state index in [0.29, 0.717) is 31.3 Å². The molecule has 1 aromatic carbocycles. The van der Waals surface area contributed by atoms with Crippen molar-refractivity contribution in [3.05, 3.63) is 47.3 Å². The van der Waals surface area contributed by atoms with Crippen LogP contribution in [-0.4, -0.2) is 42.2 Å². The molecule has 2 aromatic rings. The van der Waals surface area contributed by atoms with Crippen molar-refractivity contribution < 1.29 is 26.7 Å². The number of nitrogens with one attached hydrogen (secondary N) is 1. The van der Waals surface area contributed by atoms with Crippen molar-refractivity contribution in [2.24, 2.45) is 5.73 Å². The van der Waals surface area contributed by atoms with E-state index in [1.807, 2.05) is 5.32 Å². The first kappa shape index (κ1) is 21.9. The highest BCUT2D eigenvalue weighted by Crippen LogP contribution is 2.38. The molecule has 1 aliphatic heterocycles. The number of nitrogens with two attached hydrogens (primary N) is 1. The Bertz CT molecular complexity index is 943. The van der Waals surface area contributed by atoms with E-state index >= 15 is 0 Å². The zero-order chi connectivity index (χ0) is 22.2. The Morgan fingerprint density at radius 3 is 2.43 bits per heavy atom. The molecule has 2 atom stereocenters. The summed E-state index contributed by atoms with van der Waals surface area (Å²) in [6, 6.07) is 0.592. The summed E-state index contributed by atoms with van der Waals surface area (Å²) in [5, 5.41) is 1.92. The molecule has 2 heterocycles. The number of benzene rings is 1. The molecule has 10 heteroatoms. The van der Waals surface area contributed by atoms with Crippen molar-refractivity contribution in [2.75, 3.05) is 18.0 Å². The fraction of sp³-hybridized carbons (Fsp3) is 0.400. The Hall–Kier alpha value is -2.75.